The zero-order chi connectivity index (χ0) is 13.7. The summed E-state index contributed by atoms with van der Waals surface area (Å²) in [7, 11) is 0. The number of hydrogen-bond donors (Lipinski definition) is 1. The topological polar surface area (TPSA) is 15.3 Å². The Morgan fingerprint density at radius 2 is 1.84 bits per heavy atom. The number of likely N-dealkylation sites (tertiary alicyclic amines) is 1. The molecule has 19 heavy (non-hydrogen) atoms. The molecule has 1 atom stereocenters. The standard InChI is InChI=1S/C17H34N2/c1-15(2)18-13-17(9-4-5-10-17)14-19-11-6-7-16(3)8-12-19/h15-16,18H,4-14H2,1-3H3. The van der Waals surface area contributed by atoms with E-state index in [2.05, 4.69) is 31.0 Å². The summed E-state index contributed by atoms with van der Waals surface area (Å²) in [6, 6.07) is 0.627. The van der Waals surface area contributed by atoms with E-state index in [1.807, 2.05) is 0 Å². The van der Waals surface area contributed by atoms with E-state index in [9.17, 15) is 0 Å². The van der Waals surface area contributed by atoms with E-state index in [1.165, 1.54) is 71.1 Å². The van der Waals surface area contributed by atoms with Gasteiger partial charge in [-0.1, -0.05) is 33.6 Å². The summed E-state index contributed by atoms with van der Waals surface area (Å²) in [6.07, 6.45) is 10.0. The highest BCUT2D eigenvalue weighted by atomic mass is 15.1. The molecule has 1 aliphatic heterocycles. The molecule has 1 heterocycles. The minimum atomic E-state index is 0.581. The van der Waals surface area contributed by atoms with Crippen molar-refractivity contribution < 1.29 is 0 Å². The summed E-state index contributed by atoms with van der Waals surface area (Å²) in [5.41, 5.74) is 0.581. The first kappa shape index (κ1) is 15.3. The Labute approximate surface area is 120 Å². The van der Waals surface area contributed by atoms with Crippen molar-refractivity contribution in [3.8, 4) is 0 Å². The van der Waals surface area contributed by atoms with E-state index in [-0.39, 0.29) is 0 Å². The Morgan fingerprint density at radius 1 is 1.11 bits per heavy atom. The second-order valence-corrected chi connectivity index (χ2v) is 7.55. The molecule has 0 amide bonds. The van der Waals surface area contributed by atoms with Gasteiger partial charge >= 0.3 is 0 Å². The second kappa shape index (κ2) is 7.08. The van der Waals surface area contributed by atoms with Gasteiger partial charge in [0.2, 0.25) is 0 Å². The Hall–Kier alpha value is -0.0800. The van der Waals surface area contributed by atoms with Crippen LogP contribution in [0, 0.1) is 11.3 Å². The van der Waals surface area contributed by atoms with E-state index in [0.29, 0.717) is 11.5 Å². The molecule has 2 fully saturated rings. The van der Waals surface area contributed by atoms with Gasteiger partial charge in [-0.05, 0) is 56.5 Å². The molecule has 1 saturated heterocycles. The largest absolute Gasteiger partial charge is 0.314 e. The fraction of sp³-hybridized carbons (Fsp3) is 1.00. The summed E-state index contributed by atoms with van der Waals surface area (Å²) >= 11 is 0. The highest BCUT2D eigenvalue weighted by Crippen LogP contribution is 2.39. The van der Waals surface area contributed by atoms with Gasteiger partial charge in [-0.2, -0.15) is 0 Å². The van der Waals surface area contributed by atoms with E-state index in [1.54, 1.807) is 0 Å². The van der Waals surface area contributed by atoms with E-state index in [0.717, 1.165) is 5.92 Å². The Balaban J connectivity index is 1.88. The van der Waals surface area contributed by atoms with Gasteiger partial charge in [0, 0.05) is 19.1 Å². The molecular weight excluding hydrogens is 232 g/mol. The predicted molar refractivity (Wildman–Crippen MR) is 83.5 cm³/mol. The normalized spacial score (nSPS) is 28.7. The van der Waals surface area contributed by atoms with Crippen LogP contribution in [0.25, 0.3) is 0 Å². The van der Waals surface area contributed by atoms with Crippen LogP contribution in [0.1, 0.15) is 65.7 Å². The van der Waals surface area contributed by atoms with Gasteiger partial charge in [0.15, 0.2) is 0 Å². The molecule has 1 N–H and O–H groups in total. The van der Waals surface area contributed by atoms with Gasteiger partial charge in [-0.25, -0.2) is 0 Å². The third-order valence-corrected chi connectivity index (χ3v) is 5.22. The fourth-order valence-corrected chi connectivity index (χ4v) is 3.89. The maximum atomic E-state index is 3.72. The molecule has 112 valence electrons. The van der Waals surface area contributed by atoms with Crippen molar-refractivity contribution in [3.05, 3.63) is 0 Å². The van der Waals surface area contributed by atoms with Gasteiger partial charge in [-0.3, -0.25) is 0 Å². The van der Waals surface area contributed by atoms with Crippen LogP contribution < -0.4 is 5.32 Å². The smallest absolute Gasteiger partial charge is 0.00501 e. The summed E-state index contributed by atoms with van der Waals surface area (Å²) < 4.78 is 0. The molecule has 1 saturated carbocycles. The average Bonchev–Trinajstić information content (AvgIpc) is 2.73. The molecule has 0 spiro atoms. The summed E-state index contributed by atoms with van der Waals surface area (Å²) in [5, 5.41) is 3.72. The molecule has 2 aliphatic rings. The number of rotatable bonds is 5. The molecule has 2 heteroatoms. The summed E-state index contributed by atoms with van der Waals surface area (Å²) in [4.78, 5) is 2.77. The molecular formula is C17H34N2. The first-order valence-electron chi connectivity index (χ1n) is 8.55. The average molecular weight is 266 g/mol. The molecule has 0 bridgehead atoms. The minimum Gasteiger partial charge on any atom is -0.314 e. The van der Waals surface area contributed by atoms with E-state index >= 15 is 0 Å². The molecule has 0 radical (unpaired) electrons. The number of nitrogens with zero attached hydrogens (tertiary/aromatic N) is 1. The molecule has 0 aromatic rings. The Kier molecular flexibility index (Phi) is 5.70. The molecule has 2 rings (SSSR count). The van der Waals surface area contributed by atoms with Crippen LogP contribution in [0.15, 0.2) is 0 Å². The lowest BCUT2D eigenvalue weighted by Crippen LogP contribution is -2.44. The van der Waals surface area contributed by atoms with Gasteiger partial charge in [0.05, 0.1) is 0 Å². The van der Waals surface area contributed by atoms with Crippen LogP contribution in [0.5, 0.6) is 0 Å². The SMILES string of the molecule is CC1CCCN(CC2(CNC(C)C)CCCC2)CC1. The lowest BCUT2D eigenvalue weighted by Gasteiger charge is -2.36. The zero-order valence-electron chi connectivity index (χ0n) is 13.4. The van der Waals surface area contributed by atoms with Crippen molar-refractivity contribution >= 4 is 0 Å². The van der Waals surface area contributed by atoms with E-state index in [4.69, 9.17) is 0 Å². The highest BCUT2D eigenvalue weighted by Gasteiger charge is 2.35. The van der Waals surface area contributed by atoms with Gasteiger partial charge < -0.3 is 10.2 Å². The highest BCUT2D eigenvalue weighted by molar-refractivity contribution is 4.90. The molecule has 0 aromatic carbocycles. The Bertz CT molecular complexity index is 256. The lowest BCUT2D eigenvalue weighted by atomic mass is 9.85. The molecule has 1 aliphatic carbocycles. The maximum Gasteiger partial charge on any atom is 0.00501 e. The van der Waals surface area contributed by atoms with Crippen LogP contribution in [-0.4, -0.2) is 37.1 Å². The fourth-order valence-electron chi connectivity index (χ4n) is 3.89. The number of hydrogen-bond acceptors (Lipinski definition) is 2. The quantitative estimate of drug-likeness (QED) is 0.817. The number of nitrogens with one attached hydrogen (secondary N) is 1. The molecule has 1 unspecified atom stereocenters. The van der Waals surface area contributed by atoms with Crippen LogP contribution in [0.2, 0.25) is 0 Å². The minimum absolute atomic E-state index is 0.581. The van der Waals surface area contributed by atoms with Gasteiger partial charge in [0.1, 0.15) is 0 Å². The lowest BCUT2D eigenvalue weighted by molar-refractivity contribution is 0.148. The van der Waals surface area contributed by atoms with Crippen LogP contribution in [0.3, 0.4) is 0 Å². The molecule has 2 nitrogen and oxygen atoms in total. The Morgan fingerprint density at radius 3 is 2.53 bits per heavy atom. The van der Waals surface area contributed by atoms with Gasteiger partial charge in [-0.15, -0.1) is 0 Å². The van der Waals surface area contributed by atoms with Crippen LogP contribution in [0.4, 0.5) is 0 Å². The maximum absolute atomic E-state index is 3.72. The predicted octanol–water partition coefficient (Wildman–Crippen LogP) is 3.67. The van der Waals surface area contributed by atoms with Crippen molar-refractivity contribution in [2.45, 2.75) is 71.8 Å². The first-order chi connectivity index (χ1) is 9.10. The summed E-state index contributed by atoms with van der Waals surface area (Å²) in [5.74, 6) is 0.943. The van der Waals surface area contributed by atoms with Crippen molar-refractivity contribution in [2.24, 2.45) is 11.3 Å². The van der Waals surface area contributed by atoms with Crippen LogP contribution >= 0.6 is 0 Å². The third kappa shape index (κ3) is 4.75. The summed E-state index contributed by atoms with van der Waals surface area (Å²) in [6.45, 7) is 12.2. The first-order valence-corrected chi connectivity index (χ1v) is 8.55. The second-order valence-electron chi connectivity index (χ2n) is 7.55. The third-order valence-electron chi connectivity index (χ3n) is 5.22. The molecule has 0 aromatic heterocycles. The zero-order valence-corrected chi connectivity index (χ0v) is 13.4. The van der Waals surface area contributed by atoms with E-state index < -0.39 is 0 Å². The van der Waals surface area contributed by atoms with Crippen molar-refractivity contribution in [3.63, 3.8) is 0 Å². The van der Waals surface area contributed by atoms with Crippen molar-refractivity contribution in [1.29, 1.82) is 0 Å². The van der Waals surface area contributed by atoms with Gasteiger partial charge in [0.25, 0.3) is 0 Å². The van der Waals surface area contributed by atoms with Crippen LogP contribution in [-0.2, 0) is 0 Å². The van der Waals surface area contributed by atoms with Crippen molar-refractivity contribution in [1.82, 2.24) is 10.2 Å². The monoisotopic (exact) mass is 266 g/mol. The van der Waals surface area contributed by atoms with Crippen molar-refractivity contribution in [2.75, 3.05) is 26.2 Å².